The topological polar surface area (TPSA) is 53.4 Å². The lowest BCUT2D eigenvalue weighted by molar-refractivity contribution is -0.137. The molecule has 1 atom stereocenters. The molecule has 0 bridgehead atoms. The van der Waals surface area contributed by atoms with Crippen molar-refractivity contribution in [3.05, 3.63) is 29.6 Å². The quantitative estimate of drug-likeness (QED) is 0.893. The fourth-order valence-corrected chi connectivity index (χ4v) is 2.13. The lowest BCUT2D eigenvalue weighted by Gasteiger charge is -2.22. The summed E-state index contributed by atoms with van der Waals surface area (Å²) in [5, 5.41) is 9.12. The number of aromatic nitrogens is 1. The van der Waals surface area contributed by atoms with Gasteiger partial charge in [0.05, 0.1) is 18.2 Å². The summed E-state index contributed by atoms with van der Waals surface area (Å²) in [6, 6.07) is 1.64. The molecule has 1 amide bonds. The maximum Gasteiger partial charge on any atom is 0.417 e. The molecular formula is C12H13F3N2O2. The molecule has 104 valence electrons. The van der Waals surface area contributed by atoms with Crippen molar-refractivity contribution in [3.63, 3.8) is 0 Å². The van der Waals surface area contributed by atoms with E-state index in [9.17, 15) is 18.0 Å². The van der Waals surface area contributed by atoms with E-state index in [1.807, 2.05) is 0 Å². The molecule has 0 aliphatic carbocycles. The second kappa shape index (κ2) is 5.16. The molecule has 1 aliphatic rings. The molecule has 1 N–H and O–H groups in total. The summed E-state index contributed by atoms with van der Waals surface area (Å²) in [6.07, 6.45) is -2.34. The molecule has 0 spiro atoms. The van der Waals surface area contributed by atoms with Crippen LogP contribution in [0.15, 0.2) is 18.3 Å². The van der Waals surface area contributed by atoms with Crippen LogP contribution in [0.5, 0.6) is 0 Å². The Labute approximate surface area is 107 Å². The predicted molar refractivity (Wildman–Crippen MR) is 60.4 cm³/mol. The number of aliphatic hydroxyl groups is 1. The van der Waals surface area contributed by atoms with E-state index in [4.69, 9.17) is 5.11 Å². The number of hydrogen-bond donors (Lipinski definition) is 1. The number of nitrogens with zero attached hydrogens (tertiary/aromatic N) is 2. The molecule has 1 aromatic heterocycles. The van der Waals surface area contributed by atoms with Crippen LogP contribution >= 0.6 is 0 Å². The Morgan fingerprint density at radius 3 is 2.74 bits per heavy atom. The second-order valence-electron chi connectivity index (χ2n) is 4.41. The molecular weight excluding hydrogens is 261 g/mol. The van der Waals surface area contributed by atoms with Crippen molar-refractivity contribution in [1.82, 2.24) is 9.88 Å². The van der Waals surface area contributed by atoms with Gasteiger partial charge < -0.3 is 10.0 Å². The number of likely N-dealkylation sites (tertiary alicyclic amines) is 1. The number of pyridine rings is 1. The standard InChI is InChI=1S/C12H13F3N2O2/c13-12(14,15)8-3-4-10(16-6-8)11(19)17-5-1-2-9(17)7-18/h3-4,6,9,18H,1-2,5,7H2/t9-/m0/s1. The van der Waals surface area contributed by atoms with E-state index in [0.717, 1.165) is 18.6 Å². The van der Waals surface area contributed by atoms with Crippen LogP contribution in [-0.2, 0) is 6.18 Å². The molecule has 0 saturated carbocycles. The molecule has 0 aromatic carbocycles. The Morgan fingerprint density at radius 2 is 2.21 bits per heavy atom. The Kier molecular flexibility index (Phi) is 3.75. The molecule has 19 heavy (non-hydrogen) atoms. The summed E-state index contributed by atoms with van der Waals surface area (Å²) in [7, 11) is 0. The zero-order chi connectivity index (χ0) is 14.0. The van der Waals surface area contributed by atoms with Crippen molar-refractivity contribution in [2.75, 3.05) is 13.2 Å². The van der Waals surface area contributed by atoms with Crippen LogP contribution in [0, 0.1) is 0 Å². The summed E-state index contributed by atoms with van der Waals surface area (Å²) in [6.45, 7) is 0.346. The van der Waals surface area contributed by atoms with Gasteiger partial charge in [0, 0.05) is 12.7 Å². The molecule has 1 fully saturated rings. The van der Waals surface area contributed by atoms with Crippen molar-refractivity contribution in [2.24, 2.45) is 0 Å². The Morgan fingerprint density at radius 1 is 1.47 bits per heavy atom. The van der Waals surface area contributed by atoms with Crippen LogP contribution in [0.25, 0.3) is 0 Å². The van der Waals surface area contributed by atoms with Gasteiger partial charge in [-0.2, -0.15) is 13.2 Å². The lowest BCUT2D eigenvalue weighted by Crippen LogP contribution is -2.38. The number of alkyl halides is 3. The average Bonchev–Trinajstić information content (AvgIpc) is 2.85. The van der Waals surface area contributed by atoms with Crippen molar-refractivity contribution in [1.29, 1.82) is 0 Å². The van der Waals surface area contributed by atoms with Crippen LogP contribution in [0.1, 0.15) is 28.9 Å². The third kappa shape index (κ3) is 2.86. The van der Waals surface area contributed by atoms with E-state index in [1.54, 1.807) is 0 Å². The highest BCUT2D eigenvalue weighted by Gasteiger charge is 2.32. The Bertz CT molecular complexity index is 459. The van der Waals surface area contributed by atoms with Gasteiger partial charge in [-0.15, -0.1) is 0 Å². The number of amides is 1. The van der Waals surface area contributed by atoms with Gasteiger partial charge in [-0.3, -0.25) is 9.78 Å². The molecule has 1 aliphatic heterocycles. The van der Waals surface area contributed by atoms with Gasteiger partial charge in [-0.25, -0.2) is 0 Å². The number of rotatable bonds is 2. The van der Waals surface area contributed by atoms with Crippen LogP contribution in [0.2, 0.25) is 0 Å². The van der Waals surface area contributed by atoms with Crippen LogP contribution in [0.4, 0.5) is 13.2 Å². The Balaban J connectivity index is 2.16. The number of carbonyl (C=O) groups excluding carboxylic acids is 1. The lowest BCUT2D eigenvalue weighted by atomic mass is 10.2. The SMILES string of the molecule is O=C(c1ccc(C(F)(F)F)cn1)N1CCC[C@H]1CO. The molecule has 0 unspecified atom stereocenters. The number of hydrogen-bond acceptors (Lipinski definition) is 3. The molecule has 2 rings (SSSR count). The summed E-state index contributed by atoms with van der Waals surface area (Å²) >= 11 is 0. The van der Waals surface area contributed by atoms with Crippen LogP contribution < -0.4 is 0 Å². The number of aliphatic hydroxyl groups excluding tert-OH is 1. The normalized spacial score (nSPS) is 19.8. The monoisotopic (exact) mass is 274 g/mol. The van der Waals surface area contributed by atoms with Crippen molar-refractivity contribution >= 4 is 5.91 Å². The van der Waals surface area contributed by atoms with Gasteiger partial charge in [0.15, 0.2) is 0 Å². The minimum Gasteiger partial charge on any atom is -0.394 e. The predicted octanol–water partition coefficient (Wildman–Crippen LogP) is 1.70. The van der Waals surface area contributed by atoms with Crippen LogP contribution in [0.3, 0.4) is 0 Å². The molecule has 1 saturated heterocycles. The zero-order valence-electron chi connectivity index (χ0n) is 10.0. The van der Waals surface area contributed by atoms with Gasteiger partial charge in [-0.05, 0) is 25.0 Å². The second-order valence-corrected chi connectivity index (χ2v) is 4.41. The van der Waals surface area contributed by atoms with E-state index in [0.29, 0.717) is 19.2 Å². The first-order valence-corrected chi connectivity index (χ1v) is 5.88. The van der Waals surface area contributed by atoms with Crippen molar-refractivity contribution in [3.8, 4) is 0 Å². The van der Waals surface area contributed by atoms with E-state index in [2.05, 4.69) is 4.98 Å². The molecule has 2 heterocycles. The van der Waals surface area contributed by atoms with Crippen LogP contribution in [-0.4, -0.2) is 40.1 Å². The maximum atomic E-state index is 12.4. The Hall–Kier alpha value is -1.63. The minimum absolute atomic E-state index is 0.0339. The average molecular weight is 274 g/mol. The highest BCUT2D eigenvalue weighted by atomic mass is 19.4. The first kappa shape index (κ1) is 13.8. The van der Waals surface area contributed by atoms with E-state index < -0.39 is 17.6 Å². The summed E-state index contributed by atoms with van der Waals surface area (Å²) in [5.41, 5.74) is -0.919. The largest absolute Gasteiger partial charge is 0.417 e. The summed E-state index contributed by atoms with van der Waals surface area (Å²) in [5.74, 6) is -0.440. The number of halogens is 3. The zero-order valence-corrected chi connectivity index (χ0v) is 10.0. The number of carbonyl (C=O) groups is 1. The van der Waals surface area contributed by atoms with E-state index >= 15 is 0 Å². The van der Waals surface area contributed by atoms with Gasteiger partial charge in [-0.1, -0.05) is 0 Å². The molecule has 7 heteroatoms. The van der Waals surface area contributed by atoms with Crippen molar-refractivity contribution < 1.29 is 23.1 Å². The molecule has 0 radical (unpaired) electrons. The van der Waals surface area contributed by atoms with E-state index in [-0.39, 0.29) is 18.3 Å². The highest BCUT2D eigenvalue weighted by Crippen LogP contribution is 2.28. The first-order valence-electron chi connectivity index (χ1n) is 5.88. The molecule has 4 nitrogen and oxygen atoms in total. The van der Waals surface area contributed by atoms with E-state index in [1.165, 1.54) is 4.90 Å². The minimum atomic E-state index is -4.46. The fourth-order valence-electron chi connectivity index (χ4n) is 2.13. The summed E-state index contributed by atoms with van der Waals surface area (Å²) in [4.78, 5) is 17.1. The van der Waals surface area contributed by atoms with Gasteiger partial charge in [0.25, 0.3) is 5.91 Å². The molecule has 1 aromatic rings. The van der Waals surface area contributed by atoms with Gasteiger partial charge >= 0.3 is 6.18 Å². The van der Waals surface area contributed by atoms with Gasteiger partial charge in [0.1, 0.15) is 5.69 Å². The third-order valence-electron chi connectivity index (χ3n) is 3.16. The first-order chi connectivity index (χ1) is 8.93. The van der Waals surface area contributed by atoms with Crippen molar-refractivity contribution in [2.45, 2.75) is 25.1 Å². The third-order valence-corrected chi connectivity index (χ3v) is 3.16. The highest BCUT2D eigenvalue weighted by molar-refractivity contribution is 5.92. The van der Waals surface area contributed by atoms with Gasteiger partial charge in [0.2, 0.25) is 0 Å². The summed E-state index contributed by atoms with van der Waals surface area (Å²) < 4.78 is 37.1. The smallest absolute Gasteiger partial charge is 0.394 e. The maximum absolute atomic E-state index is 12.4. The fraction of sp³-hybridized carbons (Fsp3) is 0.500.